The highest BCUT2D eigenvalue weighted by Crippen LogP contribution is 2.34. The number of anilines is 1. The summed E-state index contributed by atoms with van der Waals surface area (Å²) >= 11 is 6.71. The first-order valence-electron chi connectivity index (χ1n) is 5.82. The molecule has 0 saturated carbocycles. The summed E-state index contributed by atoms with van der Waals surface area (Å²) in [4.78, 5) is 0. The van der Waals surface area contributed by atoms with Gasteiger partial charge in [0.1, 0.15) is 5.75 Å². The first-order chi connectivity index (χ1) is 9.92. The van der Waals surface area contributed by atoms with E-state index in [2.05, 4.69) is 37.2 Å². The number of methoxy groups -OCH3 is 1. The third-order valence-corrected chi connectivity index (χ3v) is 4.04. The van der Waals surface area contributed by atoms with E-state index in [0.717, 1.165) is 21.1 Å². The van der Waals surface area contributed by atoms with Gasteiger partial charge in [0.05, 0.1) is 17.3 Å². The summed E-state index contributed by atoms with van der Waals surface area (Å²) in [5, 5.41) is 3.00. The zero-order chi connectivity index (χ0) is 15.6. The molecule has 0 saturated heterocycles. The Labute approximate surface area is 136 Å². The molecule has 0 aliphatic carbocycles. The molecule has 1 N–H and O–H groups in total. The molecule has 2 rings (SSSR count). The van der Waals surface area contributed by atoms with E-state index in [0.29, 0.717) is 17.0 Å². The highest BCUT2D eigenvalue weighted by Gasteiger charge is 2.11. The van der Waals surface area contributed by atoms with Gasteiger partial charge in [-0.15, -0.1) is 0 Å². The summed E-state index contributed by atoms with van der Waals surface area (Å²) in [6.45, 7) is 0.136. The van der Waals surface area contributed by atoms with Gasteiger partial charge >= 0.3 is 0 Å². The van der Waals surface area contributed by atoms with E-state index in [1.165, 1.54) is 7.11 Å². The molecule has 2 aromatic rings. The number of hydrogen-bond donors (Lipinski definition) is 1. The lowest BCUT2D eigenvalue weighted by Gasteiger charge is -2.12. The van der Waals surface area contributed by atoms with Crippen molar-refractivity contribution in [3.8, 4) is 5.75 Å². The SMILES string of the molecule is COc1cc(NCc2cc(F)c(F)c(F)c2)c(Br)cc1Br. The summed E-state index contributed by atoms with van der Waals surface area (Å²) in [5.74, 6) is -3.28. The first kappa shape index (κ1) is 16.2. The lowest BCUT2D eigenvalue weighted by molar-refractivity contribution is 0.412. The van der Waals surface area contributed by atoms with E-state index in [1.54, 1.807) is 12.1 Å². The van der Waals surface area contributed by atoms with Crippen molar-refractivity contribution < 1.29 is 17.9 Å². The van der Waals surface area contributed by atoms with Gasteiger partial charge in [0.15, 0.2) is 17.5 Å². The molecular formula is C14H10Br2F3NO. The fraction of sp³-hybridized carbons (Fsp3) is 0.143. The van der Waals surface area contributed by atoms with Crippen LogP contribution in [0, 0.1) is 17.5 Å². The Morgan fingerprint density at radius 1 is 1.00 bits per heavy atom. The van der Waals surface area contributed by atoms with Gasteiger partial charge in [-0.2, -0.15) is 0 Å². The lowest BCUT2D eigenvalue weighted by Crippen LogP contribution is -2.03. The number of rotatable bonds is 4. The Bertz CT molecular complexity index is 657. The van der Waals surface area contributed by atoms with E-state index in [4.69, 9.17) is 4.74 Å². The van der Waals surface area contributed by atoms with E-state index in [1.807, 2.05) is 0 Å². The van der Waals surface area contributed by atoms with Crippen molar-refractivity contribution in [3.63, 3.8) is 0 Å². The molecule has 0 aliphatic rings. The van der Waals surface area contributed by atoms with Gasteiger partial charge in [0.25, 0.3) is 0 Å². The standard InChI is InChI=1S/C14H10Br2F3NO/c1-21-13-5-12(8(15)4-9(13)16)20-6-7-2-10(17)14(19)11(18)3-7/h2-5,20H,6H2,1H3. The maximum Gasteiger partial charge on any atom is 0.194 e. The smallest absolute Gasteiger partial charge is 0.194 e. The summed E-state index contributed by atoms with van der Waals surface area (Å²) in [6, 6.07) is 5.42. The van der Waals surface area contributed by atoms with Gasteiger partial charge in [-0.3, -0.25) is 0 Å². The molecule has 2 nitrogen and oxygen atoms in total. The molecule has 0 aliphatic heterocycles. The highest BCUT2D eigenvalue weighted by atomic mass is 79.9. The average Bonchev–Trinajstić information content (AvgIpc) is 2.43. The topological polar surface area (TPSA) is 21.3 Å². The monoisotopic (exact) mass is 423 g/mol. The molecular weight excluding hydrogens is 415 g/mol. The Morgan fingerprint density at radius 3 is 2.19 bits per heavy atom. The van der Waals surface area contributed by atoms with Crippen molar-refractivity contribution in [2.24, 2.45) is 0 Å². The normalized spacial score (nSPS) is 10.6. The Balaban J connectivity index is 2.20. The second-order valence-corrected chi connectivity index (χ2v) is 5.90. The number of hydrogen-bond acceptors (Lipinski definition) is 2. The zero-order valence-corrected chi connectivity index (χ0v) is 14.0. The molecule has 0 amide bonds. The predicted molar refractivity (Wildman–Crippen MR) is 82.0 cm³/mol. The van der Waals surface area contributed by atoms with Gasteiger partial charge in [0, 0.05) is 17.1 Å². The van der Waals surface area contributed by atoms with Gasteiger partial charge < -0.3 is 10.1 Å². The van der Waals surface area contributed by atoms with Crippen molar-refractivity contribution in [1.82, 2.24) is 0 Å². The van der Waals surface area contributed by atoms with Crippen LogP contribution in [-0.2, 0) is 6.54 Å². The third kappa shape index (κ3) is 3.71. The van der Waals surface area contributed by atoms with Crippen LogP contribution in [0.4, 0.5) is 18.9 Å². The molecule has 0 aromatic heterocycles. The molecule has 0 heterocycles. The summed E-state index contributed by atoms with van der Waals surface area (Å²) < 4.78 is 45.8. The minimum Gasteiger partial charge on any atom is -0.495 e. The van der Waals surface area contributed by atoms with Crippen LogP contribution in [-0.4, -0.2) is 7.11 Å². The van der Waals surface area contributed by atoms with Crippen LogP contribution in [0.1, 0.15) is 5.56 Å². The molecule has 0 fully saturated rings. The maximum absolute atomic E-state index is 13.1. The van der Waals surface area contributed by atoms with Crippen LogP contribution < -0.4 is 10.1 Å². The minimum atomic E-state index is -1.47. The molecule has 0 atom stereocenters. The van der Waals surface area contributed by atoms with Gasteiger partial charge in [-0.25, -0.2) is 13.2 Å². The molecule has 7 heteroatoms. The van der Waals surface area contributed by atoms with E-state index in [-0.39, 0.29) is 6.54 Å². The minimum absolute atomic E-state index is 0.136. The summed E-state index contributed by atoms with van der Waals surface area (Å²) in [5.41, 5.74) is 0.973. The van der Waals surface area contributed by atoms with Crippen molar-refractivity contribution >= 4 is 37.5 Å². The third-order valence-electron chi connectivity index (χ3n) is 2.77. The number of nitrogens with one attached hydrogen (secondary N) is 1. The Hall–Kier alpha value is -1.21. The highest BCUT2D eigenvalue weighted by molar-refractivity contribution is 9.11. The molecule has 0 radical (unpaired) electrons. The van der Waals surface area contributed by atoms with Crippen molar-refractivity contribution in [1.29, 1.82) is 0 Å². The van der Waals surface area contributed by atoms with Crippen LogP contribution in [0.15, 0.2) is 33.2 Å². The fourth-order valence-electron chi connectivity index (χ4n) is 1.73. The first-order valence-corrected chi connectivity index (χ1v) is 7.41. The molecule has 0 spiro atoms. The predicted octanol–water partition coefficient (Wildman–Crippen LogP) is 5.25. The molecule has 21 heavy (non-hydrogen) atoms. The number of halogens is 5. The second-order valence-electron chi connectivity index (χ2n) is 4.19. The van der Waals surface area contributed by atoms with Crippen LogP contribution in [0.5, 0.6) is 5.75 Å². The average molecular weight is 425 g/mol. The van der Waals surface area contributed by atoms with Gasteiger partial charge in [0.2, 0.25) is 0 Å². The van der Waals surface area contributed by atoms with Crippen molar-refractivity contribution in [2.75, 3.05) is 12.4 Å². The molecule has 2 aromatic carbocycles. The molecule has 0 unspecified atom stereocenters. The summed E-state index contributed by atoms with van der Waals surface area (Å²) in [6.07, 6.45) is 0. The molecule has 0 bridgehead atoms. The maximum atomic E-state index is 13.1. The van der Waals surface area contributed by atoms with Gasteiger partial charge in [-0.1, -0.05) is 0 Å². The van der Waals surface area contributed by atoms with E-state index < -0.39 is 17.5 Å². The lowest BCUT2D eigenvalue weighted by atomic mass is 10.2. The fourth-order valence-corrected chi connectivity index (χ4v) is 3.02. The largest absolute Gasteiger partial charge is 0.495 e. The molecule has 112 valence electrons. The second kappa shape index (κ2) is 6.70. The quantitative estimate of drug-likeness (QED) is 0.677. The zero-order valence-electron chi connectivity index (χ0n) is 10.8. The van der Waals surface area contributed by atoms with Gasteiger partial charge in [-0.05, 0) is 55.6 Å². The Kier molecular flexibility index (Phi) is 5.16. The van der Waals surface area contributed by atoms with Crippen molar-refractivity contribution in [2.45, 2.75) is 6.54 Å². The van der Waals surface area contributed by atoms with Crippen LogP contribution in [0.3, 0.4) is 0 Å². The summed E-state index contributed by atoms with van der Waals surface area (Å²) in [7, 11) is 1.53. The van der Waals surface area contributed by atoms with Crippen molar-refractivity contribution in [3.05, 3.63) is 56.2 Å². The van der Waals surface area contributed by atoms with Crippen LogP contribution in [0.2, 0.25) is 0 Å². The van der Waals surface area contributed by atoms with Crippen LogP contribution >= 0.6 is 31.9 Å². The van der Waals surface area contributed by atoms with E-state index in [9.17, 15) is 13.2 Å². The van der Waals surface area contributed by atoms with E-state index >= 15 is 0 Å². The number of ether oxygens (including phenoxy) is 1. The van der Waals surface area contributed by atoms with Crippen LogP contribution in [0.25, 0.3) is 0 Å². The Morgan fingerprint density at radius 2 is 1.62 bits per heavy atom. The number of benzene rings is 2.